The molecule has 0 unspecified atom stereocenters. The van der Waals surface area contributed by atoms with Crippen LogP contribution in [0.5, 0.6) is 0 Å². The highest BCUT2D eigenvalue weighted by Crippen LogP contribution is 2.26. The van der Waals surface area contributed by atoms with Gasteiger partial charge < -0.3 is 10.3 Å². The number of aromatic amines is 1. The molecule has 0 fully saturated rings. The van der Waals surface area contributed by atoms with Crippen molar-refractivity contribution < 1.29 is 4.39 Å². The molecule has 5 rings (SSSR count). The Kier molecular flexibility index (Phi) is 3.93. The Balaban J connectivity index is 1.47. The lowest BCUT2D eigenvalue weighted by Gasteiger charge is -2.07. The lowest BCUT2D eigenvalue weighted by atomic mass is 10.1. The van der Waals surface area contributed by atoms with Crippen LogP contribution in [-0.4, -0.2) is 35.9 Å². The maximum atomic E-state index is 13.8. The second-order valence-corrected chi connectivity index (χ2v) is 6.35. The van der Waals surface area contributed by atoms with Gasteiger partial charge >= 0.3 is 0 Å². The van der Waals surface area contributed by atoms with Gasteiger partial charge in [0.2, 0.25) is 0 Å². The zero-order chi connectivity index (χ0) is 18.9. The standard InChI is InChI=1S/C20H16FN7/c21-14-5-3-4-13(10-14)18-15(27-16-6-1-2-9-28(16)18)7-8-22-19-17-20(24-11-23-17)26-12-25-19/h1-6,9-12H,7-8H2,(H2,22,23,24,25,26). The van der Waals surface area contributed by atoms with Crippen LogP contribution in [0, 0.1) is 5.82 Å². The van der Waals surface area contributed by atoms with E-state index >= 15 is 0 Å². The van der Waals surface area contributed by atoms with Crippen molar-refractivity contribution in [2.24, 2.45) is 0 Å². The molecule has 0 spiro atoms. The van der Waals surface area contributed by atoms with Gasteiger partial charge in [0.1, 0.15) is 23.3 Å². The van der Waals surface area contributed by atoms with Crippen LogP contribution >= 0.6 is 0 Å². The number of benzene rings is 1. The van der Waals surface area contributed by atoms with Gasteiger partial charge in [0.25, 0.3) is 0 Å². The molecule has 1 aromatic carbocycles. The van der Waals surface area contributed by atoms with E-state index in [0.717, 1.165) is 22.6 Å². The second-order valence-electron chi connectivity index (χ2n) is 6.35. The number of imidazole rings is 2. The zero-order valence-electron chi connectivity index (χ0n) is 14.8. The fourth-order valence-corrected chi connectivity index (χ4v) is 3.35. The Morgan fingerprint density at radius 1 is 1.07 bits per heavy atom. The van der Waals surface area contributed by atoms with E-state index in [9.17, 15) is 4.39 Å². The van der Waals surface area contributed by atoms with Crippen LogP contribution in [0.25, 0.3) is 28.1 Å². The molecule has 0 bridgehead atoms. The third kappa shape index (κ3) is 2.84. The summed E-state index contributed by atoms with van der Waals surface area (Å²) in [5, 5.41) is 3.30. The molecule has 0 saturated carbocycles. The minimum Gasteiger partial charge on any atom is -0.368 e. The molecule has 0 aliphatic heterocycles. The Morgan fingerprint density at radius 3 is 2.96 bits per heavy atom. The summed E-state index contributed by atoms with van der Waals surface area (Å²) < 4.78 is 15.8. The first-order valence-electron chi connectivity index (χ1n) is 8.89. The molecule has 0 radical (unpaired) electrons. The third-order valence-electron chi connectivity index (χ3n) is 4.57. The molecule has 7 nitrogen and oxygen atoms in total. The minimum absolute atomic E-state index is 0.269. The number of fused-ring (bicyclic) bond motifs is 2. The second kappa shape index (κ2) is 6.73. The number of aromatic nitrogens is 6. The first kappa shape index (κ1) is 16.4. The lowest BCUT2D eigenvalue weighted by Crippen LogP contribution is -2.08. The fraction of sp³-hybridized carbons (Fsp3) is 0.100. The minimum atomic E-state index is -0.269. The molecule has 2 N–H and O–H groups in total. The van der Waals surface area contributed by atoms with Gasteiger partial charge in [-0.05, 0) is 24.3 Å². The van der Waals surface area contributed by atoms with Gasteiger partial charge in [-0.25, -0.2) is 24.3 Å². The smallest absolute Gasteiger partial charge is 0.162 e. The molecule has 5 aromatic rings. The largest absolute Gasteiger partial charge is 0.368 e. The van der Waals surface area contributed by atoms with Crippen molar-refractivity contribution in [2.45, 2.75) is 6.42 Å². The monoisotopic (exact) mass is 373 g/mol. The maximum absolute atomic E-state index is 13.8. The summed E-state index contributed by atoms with van der Waals surface area (Å²) in [7, 11) is 0. The van der Waals surface area contributed by atoms with Crippen molar-refractivity contribution >= 4 is 22.6 Å². The summed E-state index contributed by atoms with van der Waals surface area (Å²) in [5.74, 6) is 0.400. The number of pyridine rings is 1. The van der Waals surface area contributed by atoms with Gasteiger partial charge in [-0.3, -0.25) is 4.40 Å². The van der Waals surface area contributed by atoms with Crippen molar-refractivity contribution in [3.63, 3.8) is 0 Å². The number of rotatable bonds is 5. The summed E-state index contributed by atoms with van der Waals surface area (Å²) in [6.45, 7) is 0.602. The Labute approximate surface area is 159 Å². The summed E-state index contributed by atoms with van der Waals surface area (Å²) >= 11 is 0. The van der Waals surface area contributed by atoms with E-state index in [2.05, 4.69) is 25.3 Å². The predicted molar refractivity (Wildman–Crippen MR) is 104 cm³/mol. The highest BCUT2D eigenvalue weighted by Gasteiger charge is 2.15. The van der Waals surface area contributed by atoms with Gasteiger partial charge in [0, 0.05) is 24.7 Å². The van der Waals surface area contributed by atoms with E-state index in [1.165, 1.54) is 18.5 Å². The number of halogens is 1. The van der Waals surface area contributed by atoms with E-state index in [1.54, 1.807) is 12.4 Å². The molecule has 28 heavy (non-hydrogen) atoms. The molecule has 0 atom stereocenters. The maximum Gasteiger partial charge on any atom is 0.162 e. The van der Waals surface area contributed by atoms with E-state index in [1.807, 2.05) is 34.9 Å². The summed E-state index contributed by atoms with van der Waals surface area (Å²) in [6, 6.07) is 12.4. The molecular formula is C20H16FN7. The Morgan fingerprint density at radius 2 is 2.04 bits per heavy atom. The van der Waals surface area contributed by atoms with Gasteiger partial charge in [0.15, 0.2) is 11.5 Å². The molecule has 8 heteroatoms. The Bertz CT molecular complexity index is 1270. The molecule has 0 aliphatic carbocycles. The van der Waals surface area contributed by atoms with Gasteiger partial charge in [-0.1, -0.05) is 18.2 Å². The summed E-state index contributed by atoms with van der Waals surface area (Å²) in [5.41, 5.74) is 4.79. The van der Waals surface area contributed by atoms with Crippen LogP contribution < -0.4 is 5.32 Å². The average Bonchev–Trinajstić information content (AvgIpc) is 3.32. The van der Waals surface area contributed by atoms with Gasteiger partial charge in [-0.15, -0.1) is 0 Å². The molecule has 4 aromatic heterocycles. The van der Waals surface area contributed by atoms with Crippen LogP contribution in [0.4, 0.5) is 10.2 Å². The SMILES string of the molecule is Fc1cccc(-c2c(CCNc3ncnc4[nH]cnc34)nc3ccccn23)c1. The van der Waals surface area contributed by atoms with Crippen molar-refractivity contribution in [3.8, 4) is 11.3 Å². The van der Waals surface area contributed by atoms with Crippen LogP contribution in [0.1, 0.15) is 5.69 Å². The quantitative estimate of drug-likeness (QED) is 0.493. The molecule has 0 aliphatic rings. The highest BCUT2D eigenvalue weighted by atomic mass is 19.1. The van der Waals surface area contributed by atoms with Crippen molar-refractivity contribution in [1.82, 2.24) is 29.3 Å². The molecular weight excluding hydrogens is 357 g/mol. The van der Waals surface area contributed by atoms with Gasteiger partial charge in [0.05, 0.1) is 17.7 Å². The van der Waals surface area contributed by atoms with Crippen LogP contribution in [0.15, 0.2) is 61.3 Å². The van der Waals surface area contributed by atoms with E-state index in [4.69, 9.17) is 4.98 Å². The summed E-state index contributed by atoms with van der Waals surface area (Å²) in [6.07, 6.45) is 5.67. The number of H-pyrrole nitrogens is 1. The number of nitrogens with one attached hydrogen (secondary N) is 2. The molecule has 0 saturated heterocycles. The zero-order valence-corrected chi connectivity index (χ0v) is 14.8. The number of hydrogen-bond donors (Lipinski definition) is 2. The third-order valence-corrected chi connectivity index (χ3v) is 4.57. The first-order chi connectivity index (χ1) is 13.8. The predicted octanol–water partition coefficient (Wildman–Crippen LogP) is 3.46. The van der Waals surface area contributed by atoms with E-state index < -0.39 is 0 Å². The number of anilines is 1. The van der Waals surface area contributed by atoms with Gasteiger partial charge in [-0.2, -0.15) is 0 Å². The van der Waals surface area contributed by atoms with Crippen molar-refractivity contribution in [3.05, 3.63) is 72.8 Å². The highest BCUT2D eigenvalue weighted by molar-refractivity contribution is 5.81. The summed E-state index contributed by atoms with van der Waals surface area (Å²) in [4.78, 5) is 20.4. The molecule has 4 heterocycles. The fourth-order valence-electron chi connectivity index (χ4n) is 3.35. The van der Waals surface area contributed by atoms with Crippen LogP contribution in [0.2, 0.25) is 0 Å². The van der Waals surface area contributed by atoms with Crippen LogP contribution in [0.3, 0.4) is 0 Å². The first-order valence-corrected chi connectivity index (χ1v) is 8.89. The van der Waals surface area contributed by atoms with Crippen LogP contribution in [-0.2, 0) is 6.42 Å². The van der Waals surface area contributed by atoms with E-state index in [-0.39, 0.29) is 5.82 Å². The van der Waals surface area contributed by atoms with E-state index in [0.29, 0.717) is 29.9 Å². The average molecular weight is 373 g/mol. The molecule has 138 valence electrons. The normalized spacial score (nSPS) is 11.3. The Hall–Kier alpha value is -3.81. The topological polar surface area (TPSA) is 83.8 Å². The number of hydrogen-bond acceptors (Lipinski definition) is 5. The molecule has 0 amide bonds. The number of nitrogens with zero attached hydrogens (tertiary/aromatic N) is 5. The van der Waals surface area contributed by atoms with Crippen molar-refractivity contribution in [1.29, 1.82) is 0 Å². The van der Waals surface area contributed by atoms with Crippen molar-refractivity contribution in [2.75, 3.05) is 11.9 Å². The lowest BCUT2D eigenvalue weighted by molar-refractivity contribution is 0.628.